The fourth-order valence-corrected chi connectivity index (χ4v) is 1.79. The maximum absolute atomic E-state index is 13.5. The molecule has 3 aromatic rings. The Morgan fingerprint density at radius 2 is 1.79 bits per heavy atom. The number of para-hydroxylation sites is 1. The molecule has 0 amide bonds. The number of anilines is 2. The number of rotatable bonds is 2. The molecule has 1 heterocycles. The molecule has 0 aliphatic heterocycles. The number of benzene rings is 2. The number of aromatic amines is 1. The normalized spacial score (nSPS) is 10.9. The van der Waals surface area contributed by atoms with Gasteiger partial charge in [-0.15, -0.1) is 0 Å². The highest BCUT2D eigenvalue weighted by Gasteiger charge is 2.10. The maximum Gasteiger partial charge on any atom is 0.205 e. The van der Waals surface area contributed by atoms with Crippen molar-refractivity contribution in [3.63, 3.8) is 0 Å². The minimum Gasteiger partial charge on any atom is -0.324 e. The predicted molar refractivity (Wildman–Crippen MR) is 65.7 cm³/mol. The Balaban J connectivity index is 2.03. The summed E-state index contributed by atoms with van der Waals surface area (Å²) in [4.78, 5) is 6.60. The van der Waals surface area contributed by atoms with Gasteiger partial charge in [-0.3, -0.25) is 0 Å². The molecule has 0 unspecified atom stereocenters. The van der Waals surface area contributed by atoms with Crippen molar-refractivity contribution >= 4 is 22.7 Å². The highest BCUT2D eigenvalue weighted by Crippen LogP contribution is 2.22. The van der Waals surface area contributed by atoms with Crippen LogP contribution in [0.4, 0.5) is 24.8 Å². The third kappa shape index (κ3) is 2.12. The topological polar surface area (TPSA) is 40.7 Å². The van der Waals surface area contributed by atoms with Crippen molar-refractivity contribution in [1.29, 1.82) is 0 Å². The molecule has 0 aliphatic rings. The Morgan fingerprint density at radius 1 is 1.00 bits per heavy atom. The molecule has 0 atom stereocenters. The van der Waals surface area contributed by atoms with Crippen LogP contribution in [-0.4, -0.2) is 9.97 Å². The smallest absolute Gasteiger partial charge is 0.205 e. The van der Waals surface area contributed by atoms with E-state index in [4.69, 9.17) is 0 Å². The van der Waals surface area contributed by atoms with Gasteiger partial charge in [0.05, 0.1) is 11.2 Å². The summed E-state index contributed by atoms with van der Waals surface area (Å²) in [5, 5.41) is 2.68. The summed E-state index contributed by atoms with van der Waals surface area (Å²) in [5.74, 6) is -1.79. The molecule has 0 saturated carbocycles. The fourth-order valence-electron chi connectivity index (χ4n) is 1.79. The summed E-state index contributed by atoms with van der Waals surface area (Å²) in [5.41, 5.74) is 0.402. The number of halogens is 3. The Bertz CT molecular complexity index is 752. The van der Waals surface area contributed by atoms with E-state index in [0.29, 0.717) is 0 Å². The molecule has 0 radical (unpaired) electrons. The number of aromatic nitrogens is 2. The third-order valence-electron chi connectivity index (χ3n) is 2.63. The van der Waals surface area contributed by atoms with E-state index in [1.807, 2.05) is 0 Å². The monoisotopic (exact) mass is 263 g/mol. The zero-order valence-electron chi connectivity index (χ0n) is 9.55. The number of fused-ring (bicyclic) bond motifs is 1. The Kier molecular flexibility index (Phi) is 2.63. The van der Waals surface area contributed by atoms with Crippen molar-refractivity contribution < 1.29 is 13.2 Å². The fraction of sp³-hybridized carbons (Fsp3) is 0. The highest BCUT2D eigenvalue weighted by molar-refractivity contribution is 5.79. The first-order valence-corrected chi connectivity index (χ1v) is 5.50. The molecule has 96 valence electrons. The lowest BCUT2D eigenvalue weighted by atomic mass is 10.3. The molecule has 1 aromatic heterocycles. The molecule has 2 N–H and O–H groups in total. The number of nitrogens with zero attached hydrogens (tertiary/aromatic N) is 1. The Hall–Kier alpha value is -2.50. The number of imidazole rings is 1. The van der Waals surface area contributed by atoms with Crippen LogP contribution >= 0.6 is 0 Å². The molecular formula is C13H8F3N3. The van der Waals surface area contributed by atoms with Crippen molar-refractivity contribution in [2.75, 3.05) is 5.32 Å². The average molecular weight is 263 g/mol. The number of H-pyrrole nitrogens is 1. The highest BCUT2D eigenvalue weighted by atomic mass is 19.1. The van der Waals surface area contributed by atoms with Gasteiger partial charge in [0.2, 0.25) is 5.95 Å². The Labute approximate surface area is 106 Å². The molecule has 3 nitrogen and oxygen atoms in total. The van der Waals surface area contributed by atoms with E-state index in [-0.39, 0.29) is 22.7 Å². The van der Waals surface area contributed by atoms with Gasteiger partial charge in [-0.2, -0.15) is 0 Å². The van der Waals surface area contributed by atoms with Gasteiger partial charge in [0.25, 0.3) is 0 Å². The van der Waals surface area contributed by atoms with Gasteiger partial charge < -0.3 is 10.3 Å². The van der Waals surface area contributed by atoms with Gasteiger partial charge in [-0.1, -0.05) is 12.1 Å². The number of nitrogens with one attached hydrogen (secondary N) is 2. The first-order valence-electron chi connectivity index (χ1n) is 5.50. The van der Waals surface area contributed by atoms with Crippen LogP contribution in [0.1, 0.15) is 0 Å². The summed E-state index contributed by atoms with van der Waals surface area (Å²) in [7, 11) is 0. The molecule has 0 bridgehead atoms. The minimum absolute atomic E-state index is 0.000222. The van der Waals surface area contributed by atoms with Crippen LogP contribution in [0.25, 0.3) is 11.0 Å². The van der Waals surface area contributed by atoms with Gasteiger partial charge in [-0.25, -0.2) is 18.2 Å². The minimum atomic E-state index is -0.771. The van der Waals surface area contributed by atoms with Crippen LogP contribution in [0.3, 0.4) is 0 Å². The average Bonchev–Trinajstić information content (AvgIpc) is 2.75. The molecule has 6 heteroatoms. The summed E-state index contributed by atoms with van der Waals surface area (Å²) in [6.45, 7) is 0. The second-order valence-electron chi connectivity index (χ2n) is 3.97. The van der Waals surface area contributed by atoms with E-state index in [1.165, 1.54) is 12.1 Å². The lowest BCUT2D eigenvalue weighted by Gasteiger charge is -2.02. The van der Waals surface area contributed by atoms with Crippen LogP contribution in [-0.2, 0) is 0 Å². The van der Waals surface area contributed by atoms with E-state index < -0.39 is 17.5 Å². The third-order valence-corrected chi connectivity index (χ3v) is 2.63. The first kappa shape index (κ1) is 11.6. The van der Waals surface area contributed by atoms with Gasteiger partial charge >= 0.3 is 0 Å². The maximum atomic E-state index is 13.5. The number of hydrogen-bond acceptors (Lipinski definition) is 2. The van der Waals surface area contributed by atoms with Gasteiger partial charge in [0.1, 0.15) is 17.2 Å². The largest absolute Gasteiger partial charge is 0.324 e. The molecular weight excluding hydrogens is 255 g/mol. The number of hydrogen-bond donors (Lipinski definition) is 2. The van der Waals surface area contributed by atoms with Crippen molar-refractivity contribution in [2.24, 2.45) is 0 Å². The zero-order valence-corrected chi connectivity index (χ0v) is 9.55. The second-order valence-corrected chi connectivity index (χ2v) is 3.97. The van der Waals surface area contributed by atoms with E-state index in [0.717, 1.165) is 12.1 Å². The standard InChI is InChI=1S/C13H8F3N3/c14-7-5-9(16)12-11(6-7)18-13(19-12)17-10-4-2-1-3-8(10)15/h1-6H,(H2,17,18,19). The lowest BCUT2D eigenvalue weighted by Crippen LogP contribution is -1.94. The van der Waals surface area contributed by atoms with E-state index in [1.54, 1.807) is 12.1 Å². The van der Waals surface area contributed by atoms with Gasteiger partial charge in [-0.05, 0) is 18.2 Å². The van der Waals surface area contributed by atoms with Crippen LogP contribution < -0.4 is 5.32 Å². The predicted octanol–water partition coefficient (Wildman–Crippen LogP) is 3.72. The lowest BCUT2D eigenvalue weighted by molar-refractivity contribution is 0.591. The second kappa shape index (κ2) is 4.31. The van der Waals surface area contributed by atoms with Crippen LogP contribution in [0.5, 0.6) is 0 Å². The SMILES string of the molecule is Fc1cc(F)c2nc(Nc3ccccc3F)[nH]c2c1. The van der Waals surface area contributed by atoms with Crippen LogP contribution in [0.15, 0.2) is 36.4 Å². The first-order chi connectivity index (χ1) is 9.13. The van der Waals surface area contributed by atoms with E-state index >= 15 is 0 Å². The quantitative estimate of drug-likeness (QED) is 0.739. The molecule has 19 heavy (non-hydrogen) atoms. The van der Waals surface area contributed by atoms with E-state index in [2.05, 4.69) is 15.3 Å². The van der Waals surface area contributed by atoms with Gasteiger partial charge in [0, 0.05) is 6.07 Å². The molecule has 0 aliphatic carbocycles. The van der Waals surface area contributed by atoms with Gasteiger partial charge in [0.15, 0.2) is 5.82 Å². The van der Waals surface area contributed by atoms with Crippen molar-refractivity contribution in [1.82, 2.24) is 9.97 Å². The molecule has 0 saturated heterocycles. The van der Waals surface area contributed by atoms with Crippen molar-refractivity contribution in [3.05, 3.63) is 53.8 Å². The summed E-state index contributed by atoms with van der Waals surface area (Å²) >= 11 is 0. The van der Waals surface area contributed by atoms with E-state index in [9.17, 15) is 13.2 Å². The van der Waals surface area contributed by atoms with Crippen LogP contribution in [0.2, 0.25) is 0 Å². The summed E-state index contributed by atoms with van der Waals surface area (Å²) < 4.78 is 39.9. The van der Waals surface area contributed by atoms with Crippen LogP contribution in [0, 0.1) is 17.5 Å². The molecule has 3 rings (SSSR count). The van der Waals surface area contributed by atoms with Crippen molar-refractivity contribution in [3.8, 4) is 0 Å². The van der Waals surface area contributed by atoms with Crippen molar-refractivity contribution in [2.45, 2.75) is 0 Å². The molecule has 0 fully saturated rings. The summed E-state index contributed by atoms with van der Waals surface area (Å²) in [6, 6.07) is 7.86. The molecule has 0 spiro atoms. The summed E-state index contributed by atoms with van der Waals surface area (Å²) in [6.07, 6.45) is 0. The molecule has 2 aromatic carbocycles. The zero-order chi connectivity index (χ0) is 13.4. The Morgan fingerprint density at radius 3 is 2.58 bits per heavy atom.